The first-order valence-corrected chi connectivity index (χ1v) is 8.44. The Morgan fingerprint density at radius 2 is 2.05 bits per heavy atom. The number of nitrogens with one attached hydrogen (secondary N) is 2. The minimum Gasteiger partial charge on any atom is -0.464 e. The van der Waals surface area contributed by atoms with Crippen molar-refractivity contribution in [3.05, 3.63) is 0 Å². The van der Waals surface area contributed by atoms with Gasteiger partial charge in [-0.2, -0.15) is 11.8 Å². The molecule has 0 aromatic carbocycles. The molecule has 1 amide bonds. The molecule has 0 aliphatic carbocycles. The Balaban J connectivity index is 4.01. The molecule has 20 heavy (non-hydrogen) atoms. The van der Waals surface area contributed by atoms with E-state index in [-0.39, 0.29) is 13.2 Å². The fraction of sp³-hybridized carbons (Fsp3) is 0.833. The van der Waals surface area contributed by atoms with Gasteiger partial charge in [0.25, 0.3) is 0 Å². The van der Waals surface area contributed by atoms with E-state index in [1.54, 1.807) is 18.7 Å². The smallest absolute Gasteiger partial charge is 0.407 e. The number of ether oxygens (including phenoxy) is 2. The average Bonchev–Trinajstić information content (AvgIpc) is 2.43. The van der Waals surface area contributed by atoms with Crippen LogP contribution in [-0.2, 0) is 14.3 Å². The largest absolute Gasteiger partial charge is 0.464 e. The van der Waals surface area contributed by atoms with E-state index in [1.807, 2.05) is 6.26 Å². The van der Waals surface area contributed by atoms with E-state index in [1.165, 1.54) is 0 Å². The SMILES string of the molecule is CCOC(=O)[C@H](CCSC)NC(=O)OCCNCCCl. The van der Waals surface area contributed by atoms with Gasteiger partial charge in [-0.3, -0.25) is 0 Å². The molecule has 0 fully saturated rings. The van der Waals surface area contributed by atoms with Crippen LogP contribution in [0.15, 0.2) is 0 Å². The molecule has 6 nitrogen and oxygen atoms in total. The zero-order valence-electron chi connectivity index (χ0n) is 11.9. The number of carbonyl (C=O) groups is 2. The summed E-state index contributed by atoms with van der Waals surface area (Å²) in [6, 6.07) is -0.661. The molecular formula is C12H23ClN2O4S. The van der Waals surface area contributed by atoms with Crippen LogP contribution in [0.2, 0.25) is 0 Å². The van der Waals surface area contributed by atoms with Gasteiger partial charge in [0.1, 0.15) is 12.6 Å². The molecule has 0 aromatic rings. The molecule has 0 bridgehead atoms. The van der Waals surface area contributed by atoms with E-state index in [2.05, 4.69) is 10.6 Å². The van der Waals surface area contributed by atoms with E-state index in [9.17, 15) is 9.59 Å². The summed E-state index contributed by atoms with van der Waals surface area (Å²) in [7, 11) is 0. The van der Waals surface area contributed by atoms with Gasteiger partial charge in [0.05, 0.1) is 6.61 Å². The lowest BCUT2D eigenvalue weighted by atomic mass is 10.2. The molecule has 0 unspecified atom stereocenters. The Morgan fingerprint density at radius 1 is 1.30 bits per heavy atom. The zero-order chi connectivity index (χ0) is 15.2. The normalized spacial score (nSPS) is 11.8. The first kappa shape index (κ1) is 19.3. The molecule has 0 rings (SSSR count). The maximum Gasteiger partial charge on any atom is 0.407 e. The predicted molar refractivity (Wildman–Crippen MR) is 81.5 cm³/mol. The van der Waals surface area contributed by atoms with Gasteiger partial charge in [-0.05, 0) is 25.4 Å². The fourth-order valence-electron chi connectivity index (χ4n) is 1.32. The third-order valence-electron chi connectivity index (χ3n) is 2.26. The number of hydrogen-bond donors (Lipinski definition) is 2. The molecule has 0 heterocycles. The van der Waals surface area contributed by atoms with Crippen LogP contribution in [0.5, 0.6) is 0 Å². The molecule has 2 N–H and O–H groups in total. The van der Waals surface area contributed by atoms with Crippen LogP contribution >= 0.6 is 23.4 Å². The number of carbonyl (C=O) groups excluding carboxylic acids is 2. The Hall–Kier alpha value is -0.660. The van der Waals surface area contributed by atoms with E-state index in [0.717, 1.165) is 5.75 Å². The van der Waals surface area contributed by atoms with Crippen molar-refractivity contribution in [1.29, 1.82) is 0 Å². The first-order chi connectivity index (χ1) is 9.65. The third kappa shape index (κ3) is 10.2. The topological polar surface area (TPSA) is 76.7 Å². The molecule has 0 radical (unpaired) electrons. The summed E-state index contributed by atoms with van der Waals surface area (Å²) in [5.41, 5.74) is 0. The lowest BCUT2D eigenvalue weighted by Crippen LogP contribution is -2.43. The average molecular weight is 327 g/mol. The highest BCUT2D eigenvalue weighted by molar-refractivity contribution is 7.98. The summed E-state index contributed by atoms with van der Waals surface area (Å²) >= 11 is 7.09. The van der Waals surface area contributed by atoms with Crippen molar-refractivity contribution in [2.75, 3.05) is 44.2 Å². The highest BCUT2D eigenvalue weighted by Crippen LogP contribution is 2.03. The van der Waals surface area contributed by atoms with Crippen molar-refractivity contribution >= 4 is 35.4 Å². The number of alkyl halides is 1. The van der Waals surface area contributed by atoms with Crippen LogP contribution in [0.3, 0.4) is 0 Å². The molecule has 0 saturated heterocycles. The Bertz CT molecular complexity index is 282. The number of esters is 1. The zero-order valence-corrected chi connectivity index (χ0v) is 13.5. The molecule has 0 aliphatic heterocycles. The monoisotopic (exact) mass is 326 g/mol. The van der Waals surface area contributed by atoms with Crippen LogP contribution in [-0.4, -0.2) is 62.3 Å². The maximum absolute atomic E-state index is 11.7. The summed E-state index contributed by atoms with van der Waals surface area (Å²) in [4.78, 5) is 23.2. The molecule has 0 spiro atoms. The van der Waals surface area contributed by atoms with Gasteiger partial charge in [0, 0.05) is 19.0 Å². The highest BCUT2D eigenvalue weighted by atomic mass is 35.5. The standard InChI is InChI=1S/C12H23ClN2O4S/c1-3-18-11(16)10(4-9-20-2)15-12(17)19-8-7-14-6-5-13/h10,14H,3-9H2,1-2H3,(H,15,17)/t10-/m0/s1. The van der Waals surface area contributed by atoms with Gasteiger partial charge in [-0.1, -0.05) is 0 Å². The van der Waals surface area contributed by atoms with Crippen LogP contribution in [0, 0.1) is 0 Å². The van der Waals surface area contributed by atoms with E-state index in [0.29, 0.717) is 25.4 Å². The van der Waals surface area contributed by atoms with Gasteiger partial charge in [-0.15, -0.1) is 11.6 Å². The van der Waals surface area contributed by atoms with Crippen LogP contribution in [0.25, 0.3) is 0 Å². The highest BCUT2D eigenvalue weighted by Gasteiger charge is 2.22. The lowest BCUT2D eigenvalue weighted by Gasteiger charge is -2.16. The van der Waals surface area contributed by atoms with Gasteiger partial charge in [0.15, 0.2) is 0 Å². The maximum atomic E-state index is 11.7. The number of thioether (sulfide) groups is 1. The summed E-state index contributed by atoms with van der Waals surface area (Å²) in [6.45, 7) is 3.42. The minimum atomic E-state index is -0.661. The number of hydrogen-bond acceptors (Lipinski definition) is 6. The van der Waals surface area contributed by atoms with Crippen LogP contribution < -0.4 is 10.6 Å². The lowest BCUT2D eigenvalue weighted by molar-refractivity contribution is -0.145. The van der Waals surface area contributed by atoms with Crippen molar-refractivity contribution in [2.45, 2.75) is 19.4 Å². The molecule has 1 atom stereocenters. The van der Waals surface area contributed by atoms with Crippen LogP contribution in [0.1, 0.15) is 13.3 Å². The second-order valence-electron chi connectivity index (χ2n) is 3.81. The van der Waals surface area contributed by atoms with Crippen molar-refractivity contribution in [2.24, 2.45) is 0 Å². The molecule has 0 aromatic heterocycles. The second-order valence-corrected chi connectivity index (χ2v) is 5.17. The summed E-state index contributed by atoms with van der Waals surface area (Å²) in [5.74, 6) is 0.825. The Morgan fingerprint density at radius 3 is 2.65 bits per heavy atom. The fourth-order valence-corrected chi connectivity index (χ4v) is 1.92. The molecule has 0 saturated carbocycles. The quantitative estimate of drug-likeness (QED) is 0.338. The van der Waals surface area contributed by atoms with Gasteiger partial charge < -0.3 is 20.1 Å². The summed E-state index contributed by atoms with van der Waals surface area (Å²) < 4.78 is 9.87. The van der Waals surface area contributed by atoms with Crippen molar-refractivity contribution in [3.8, 4) is 0 Å². The van der Waals surface area contributed by atoms with E-state index < -0.39 is 18.1 Å². The third-order valence-corrected chi connectivity index (χ3v) is 3.09. The molecule has 118 valence electrons. The Kier molecular flexibility index (Phi) is 12.9. The number of rotatable bonds is 11. The second kappa shape index (κ2) is 13.3. The number of halogens is 1. The van der Waals surface area contributed by atoms with Gasteiger partial charge >= 0.3 is 12.1 Å². The van der Waals surface area contributed by atoms with Crippen molar-refractivity contribution in [3.63, 3.8) is 0 Å². The van der Waals surface area contributed by atoms with Gasteiger partial charge in [0.2, 0.25) is 0 Å². The number of amides is 1. The van der Waals surface area contributed by atoms with Crippen LogP contribution in [0.4, 0.5) is 4.79 Å². The molecule has 0 aliphatic rings. The van der Waals surface area contributed by atoms with Gasteiger partial charge in [-0.25, -0.2) is 9.59 Å². The predicted octanol–water partition coefficient (Wildman–Crippen LogP) is 1.23. The molecule has 8 heteroatoms. The summed E-state index contributed by atoms with van der Waals surface area (Å²) in [5, 5.41) is 5.51. The molecular weight excluding hydrogens is 304 g/mol. The van der Waals surface area contributed by atoms with E-state index >= 15 is 0 Å². The number of alkyl carbamates (subject to hydrolysis) is 1. The minimum absolute atomic E-state index is 0.223. The first-order valence-electron chi connectivity index (χ1n) is 6.51. The Labute approximate surface area is 129 Å². The van der Waals surface area contributed by atoms with Crippen molar-refractivity contribution < 1.29 is 19.1 Å². The summed E-state index contributed by atoms with van der Waals surface area (Å²) in [6.07, 6.45) is 1.83. The van der Waals surface area contributed by atoms with E-state index in [4.69, 9.17) is 21.1 Å². The van der Waals surface area contributed by atoms with Crippen molar-refractivity contribution in [1.82, 2.24) is 10.6 Å².